The van der Waals surface area contributed by atoms with Crippen molar-refractivity contribution in [1.29, 1.82) is 0 Å². The van der Waals surface area contributed by atoms with Gasteiger partial charge in [-0.1, -0.05) is 27.2 Å². The first kappa shape index (κ1) is 20.0. The largest absolute Gasteiger partial charge is 1.00 e. The van der Waals surface area contributed by atoms with Gasteiger partial charge in [-0.2, -0.15) is 11.8 Å². The number of hydrogen-bond acceptors (Lipinski definition) is 4. The van der Waals surface area contributed by atoms with Crippen LogP contribution < -0.4 is 40.0 Å². The van der Waals surface area contributed by atoms with Gasteiger partial charge >= 0.3 is 35.6 Å². The number of carbonyl (C=O) groups is 2. The molecule has 0 fully saturated rings. The zero-order valence-electron chi connectivity index (χ0n) is 12.7. The third-order valence-corrected chi connectivity index (χ3v) is 5.17. The van der Waals surface area contributed by atoms with Gasteiger partial charge in [0.1, 0.15) is 0 Å². The van der Waals surface area contributed by atoms with Crippen molar-refractivity contribution in [3.63, 3.8) is 0 Å². The normalized spacial score (nSPS) is 23.6. The van der Waals surface area contributed by atoms with E-state index in [1.165, 1.54) is 0 Å². The van der Waals surface area contributed by atoms with Crippen molar-refractivity contribution in [2.45, 2.75) is 51.7 Å². The summed E-state index contributed by atoms with van der Waals surface area (Å²) >= 11 is 1.63. The number of urea groups is 1. The molecular formula is C13H21N2NaO3S. The van der Waals surface area contributed by atoms with Crippen LogP contribution in [0.5, 0.6) is 0 Å². The molecule has 1 heterocycles. The number of hydrogen-bond donors (Lipinski definition) is 1. The van der Waals surface area contributed by atoms with E-state index in [0.29, 0.717) is 12.8 Å². The monoisotopic (exact) mass is 308 g/mol. The summed E-state index contributed by atoms with van der Waals surface area (Å²) in [5.74, 6) is -0.166. The maximum Gasteiger partial charge on any atom is 1.00 e. The van der Waals surface area contributed by atoms with E-state index in [0.717, 1.165) is 18.6 Å². The van der Waals surface area contributed by atoms with Crippen LogP contribution in [0.25, 0.3) is 0 Å². The Morgan fingerprint density at radius 1 is 1.35 bits per heavy atom. The van der Waals surface area contributed by atoms with Gasteiger partial charge in [0.25, 0.3) is 0 Å². The third-order valence-electron chi connectivity index (χ3n) is 3.51. The molecule has 0 spiro atoms. The minimum atomic E-state index is -1.18. The molecule has 1 aliphatic rings. The first-order chi connectivity index (χ1) is 9.02. The minimum absolute atomic E-state index is 0. The SMILES string of the molecule is CCCCSC(CC)C1(CC)C(=O)NC(=O)N=C1[O-].[Na+]. The summed E-state index contributed by atoms with van der Waals surface area (Å²) in [7, 11) is 0. The van der Waals surface area contributed by atoms with Crippen LogP contribution in [0.4, 0.5) is 4.79 Å². The van der Waals surface area contributed by atoms with Gasteiger partial charge in [-0.15, -0.1) is 0 Å². The molecule has 0 aromatic heterocycles. The molecule has 0 aromatic carbocycles. The Morgan fingerprint density at radius 3 is 2.45 bits per heavy atom. The Morgan fingerprint density at radius 2 is 2.00 bits per heavy atom. The van der Waals surface area contributed by atoms with Crippen LogP contribution in [0.1, 0.15) is 46.5 Å². The molecule has 5 nitrogen and oxygen atoms in total. The summed E-state index contributed by atoms with van der Waals surface area (Å²) in [6.07, 6.45) is 3.19. The van der Waals surface area contributed by atoms with E-state index in [2.05, 4.69) is 17.2 Å². The zero-order valence-corrected chi connectivity index (χ0v) is 15.5. The molecule has 0 aliphatic carbocycles. The fourth-order valence-corrected chi connectivity index (χ4v) is 3.96. The molecule has 2 unspecified atom stereocenters. The molecule has 3 amide bonds. The summed E-state index contributed by atoms with van der Waals surface area (Å²) in [4.78, 5) is 26.7. The molecule has 0 aromatic rings. The number of aliphatic imine (C=N–C) groups is 1. The average Bonchev–Trinajstić information content (AvgIpc) is 2.36. The van der Waals surface area contributed by atoms with Crippen LogP contribution in [0.15, 0.2) is 4.99 Å². The van der Waals surface area contributed by atoms with Crippen LogP contribution in [-0.4, -0.2) is 28.8 Å². The zero-order chi connectivity index (χ0) is 14.5. The smallest absolute Gasteiger partial charge is 0.861 e. The molecule has 1 N–H and O–H groups in total. The predicted octanol–water partition coefficient (Wildman–Crippen LogP) is -1.29. The summed E-state index contributed by atoms with van der Waals surface area (Å²) in [5, 5.41) is 14.2. The molecule has 20 heavy (non-hydrogen) atoms. The van der Waals surface area contributed by atoms with Crippen molar-refractivity contribution in [1.82, 2.24) is 5.32 Å². The van der Waals surface area contributed by atoms with Crippen LogP contribution in [0.2, 0.25) is 0 Å². The molecule has 108 valence electrons. The van der Waals surface area contributed by atoms with E-state index in [4.69, 9.17) is 0 Å². The summed E-state index contributed by atoms with van der Waals surface area (Å²) in [5.41, 5.74) is -1.18. The van der Waals surface area contributed by atoms with Crippen molar-refractivity contribution < 1.29 is 44.3 Å². The Balaban J connectivity index is 0.00000361. The van der Waals surface area contributed by atoms with Gasteiger partial charge in [0.2, 0.25) is 5.91 Å². The quantitative estimate of drug-likeness (QED) is 0.468. The number of imide groups is 1. The van der Waals surface area contributed by atoms with Crippen molar-refractivity contribution in [2.75, 3.05) is 5.75 Å². The fraction of sp³-hybridized carbons (Fsp3) is 0.769. The summed E-state index contributed by atoms with van der Waals surface area (Å²) in [6, 6.07) is -0.840. The molecule has 2 atom stereocenters. The van der Waals surface area contributed by atoms with Gasteiger partial charge in [-0.25, -0.2) is 9.79 Å². The number of thioether (sulfide) groups is 1. The number of nitrogens with one attached hydrogen (secondary N) is 1. The van der Waals surface area contributed by atoms with E-state index in [1.54, 1.807) is 18.7 Å². The van der Waals surface area contributed by atoms with Crippen molar-refractivity contribution in [3.05, 3.63) is 0 Å². The van der Waals surface area contributed by atoms with Crippen LogP contribution in [-0.2, 0) is 4.79 Å². The van der Waals surface area contributed by atoms with E-state index in [1.807, 2.05) is 6.92 Å². The number of rotatable bonds is 7. The molecule has 0 bridgehead atoms. The maximum absolute atomic E-state index is 12.2. The van der Waals surface area contributed by atoms with Gasteiger partial charge in [0.05, 0.1) is 5.41 Å². The van der Waals surface area contributed by atoms with Crippen LogP contribution in [0, 0.1) is 5.41 Å². The minimum Gasteiger partial charge on any atom is -0.861 e. The first-order valence-electron chi connectivity index (χ1n) is 6.76. The summed E-state index contributed by atoms with van der Waals surface area (Å²) in [6.45, 7) is 5.85. The van der Waals surface area contributed by atoms with Gasteiger partial charge in [0, 0.05) is 5.25 Å². The van der Waals surface area contributed by atoms with E-state index < -0.39 is 23.3 Å². The van der Waals surface area contributed by atoms with E-state index in [-0.39, 0.29) is 34.8 Å². The molecule has 7 heteroatoms. The number of unbranched alkanes of at least 4 members (excludes halogenated alkanes) is 1. The average molecular weight is 308 g/mol. The van der Waals surface area contributed by atoms with Crippen LogP contribution >= 0.6 is 11.8 Å². The van der Waals surface area contributed by atoms with E-state index >= 15 is 0 Å². The van der Waals surface area contributed by atoms with Gasteiger partial charge in [-0.05, 0) is 30.9 Å². The molecule has 0 radical (unpaired) electrons. The van der Waals surface area contributed by atoms with Gasteiger partial charge in [0.15, 0.2) is 0 Å². The molecule has 0 saturated heterocycles. The predicted molar refractivity (Wildman–Crippen MR) is 75.1 cm³/mol. The molecule has 1 rings (SSSR count). The van der Waals surface area contributed by atoms with Gasteiger partial charge in [-0.3, -0.25) is 10.1 Å². The second kappa shape index (κ2) is 9.07. The van der Waals surface area contributed by atoms with E-state index in [9.17, 15) is 14.7 Å². The summed E-state index contributed by atoms with van der Waals surface area (Å²) < 4.78 is 0. The van der Waals surface area contributed by atoms with Crippen molar-refractivity contribution in [3.8, 4) is 0 Å². The Bertz CT molecular complexity index is 390. The topological polar surface area (TPSA) is 81.6 Å². The second-order valence-electron chi connectivity index (χ2n) is 4.62. The number of amides is 3. The van der Waals surface area contributed by atoms with Crippen LogP contribution in [0.3, 0.4) is 0 Å². The Kier molecular flexibility index (Phi) is 9.06. The second-order valence-corrected chi connectivity index (χ2v) is 5.93. The fourth-order valence-electron chi connectivity index (χ4n) is 2.33. The van der Waals surface area contributed by atoms with Crippen molar-refractivity contribution in [2.24, 2.45) is 10.4 Å². The Labute approximate surface area is 146 Å². The molecule has 0 saturated carbocycles. The number of nitrogens with zero attached hydrogens (tertiary/aromatic N) is 1. The Hall–Kier alpha value is -0.0400. The molecular weight excluding hydrogens is 287 g/mol. The first-order valence-corrected chi connectivity index (χ1v) is 7.80. The third kappa shape index (κ3) is 4.00. The standard InChI is InChI=1S/C13H22N2O3S.Na/c1-4-7-8-19-9(5-2)13(6-3)10(16)14-12(18)15-11(13)17;/h9H,4-8H2,1-3H3,(H2,14,15,16,17,18);/q;+1/p-1. The number of carbonyl (C=O) groups excluding carboxylic acids is 2. The molecule has 1 aliphatic heterocycles. The van der Waals surface area contributed by atoms with Crippen molar-refractivity contribution >= 4 is 29.6 Å². The maximum atomic E-state index is 12.2. The van der Waals surface area contributed by atoms with Gasteiger partial charge < -0.3 is 5.11 Å².